The van der Waals surface area contributed by atoms with Crippen LogP contribution in [0.1, 0.15) is 5.56 Å². The highest BCUT2D eigenvalue weighted by molar-refractivity contribution is 7.07. The average molecular weight is 207 g/mol. The van der Waals surface area contributed by atoms with Crippen molar-refractivity contribution in [2.24, 2.45) is 0 Å². The summed E-state index contributed by atoms with van der Waals surface area (Å²) in [6.07, 6.45) is 0. The van der Waals surface area contributed by atoms with Crippen LogP contribution in [0.4, 0.5) is 10.1 Å². The first-order valence-corrected chi connectivity index (χ1v) is 5.29. The van der Waals surface area contributed by atoms with Gasteiger partial charge in [-0.15, -0.1) is 0 Å². The first-order chi connectivity index (χ1) is 6.84. The maximum Gasteiger partial charge on any atom is 0.125 e. The zero-order chi connectivity index (χ0) is 9.80. The number of rotatable bonds is 3. The lowest BCUT2D eigenvalue weighted by atomic mass is 10.3. The summed E-state index contributed by atoms with van der Waals surface area (Å²) in [7, 11) is 0. The summed E-state index contributed by atoms with van der Waals surface area (Å²) in [6, 6.07) is 8.54. The Morgan fingerprint density at radius 2 is 2.21 bits per heavy atom. The van der Waals surface area contributed by atoms with Crippen LogP contribution in [0.2, 0.25) is 0 Å². The van der Waals surface area contributed by atoms with E-state index in [2.05, 4.69) is 16.8 Å². The van der Waals surface area contributed by atoms with Crippen molar-refractivity contribution in [3.8, 4) is 0 Å². The molecule has 0 unspecified atom stereocenters. The summed E-state index contributed by atoms with van der Waals surface area (Å²) >= 11 is 1.66. The lowest BCUT2D eigenvalue weighted by molar-refractivity contribution is 0.628. The number of thiophene rings is 1. The summed E-state index contributed by atoms with van der Waals surface area (Å²) in [4.78, 5) is 0. The van der Waals surface area contributed by atoms with Crippen molar-refractivity contribution < 1.29 is 4.39 Å². The molecule has 72 valence electrons. The molecule has 1 heterocycles. The molecule has 0 fully saturated rings. The Balaban J connectivity index is 1.98. The lowest BCUT2D eigenvalue weighted by Crippen LogP contribution is -1.97. The Morgan fingerprint density at radius 3 is 2.93 bits per heavy atom. The van der Waals surface area contributed by atoms with Gasteiger partial charge in [0, 0.05) is 12.2 Å². The zero-order valence-electron chi connectivity index (χ0n) is 7.53. The fourth-order valence-corrected chi connectivity index (χ4v) is 1.86. The van der Waals surface area contributed by atoms with Gasteiger partial charge in [-0.2, -0.15) is 11.3 Å². The van der Waals surface area contributed by atoms with Crippen LogP contribution >= 0.6 is 11.3 Å². The zero-order valence-corrected chi connectivity index (χ0v) is 8.35. The van der Waals surface area contributed by atoms with Gasteiger partial charge in [0.1, 0.15) is 5.82 Å². The van der Waals surface area contributed by atoms with E-state index in [1.54, 1.807) is 17.4 Å². The molecule has 0 bridgehead atoms. The van der Waals surface area contributed by atoms with Crippen LogP contribution in [0.3, 0.4) is 0 Å². The molecule has 0 atom stereocenters. The summed E-state index contributed by atoms with van der Waals surface area (Å²) in [5.41, 5.74) is 2.04. The van der Waals surface area contributed by atoms with Crippen LogP contribution in [-0.4, -0.2) is 0 Å². The molecule has 0 radical (unpaired) electrons. The molecule has 0 spiro atoms. The molecule has 1 nitrogen and oxygen atoms in total. The second kappa shape index (κ2) is 4.24. The summed E-state index contributed by atoms with van der Waals surface area (Å²) in [6.45, 7) is 0.743. The van der Waals surface area contributed by atoms with Crippen molar-refractivity contribution in [3.63, 3.8) is 0 Å². The molecular weight excluding hydrogens is 197 g/mol. The van der Waals surface area contributed by atoms with Crippen molar-refractivity contribution in [1.29, 1.82) is 0 Å². The van der Waals surface area contributed by atoms with Crippen molar-refractivity contribution in [3.05, 3.63) is 52.5 Å². The highest BCUT2D eigenvalue weighted by Crippen LogP contribution is 2.12. The Morgan fingerprint density at radius 1 is 1.29 bits per heavy atom. The van der Waals surface area contributed by atoms with Crippen LogP contribution in [0, 0.1) is 5.82 Å². The molecule has 0 saturated heterocycles. The number of nitrogens with one attached hydrogen (secondary N) is 1. The van der Waals surface area contributed by atoms with E-state index >= 15 is 0 Å². The van der Waals surface area contributed by atoms with E-state index in [0.717, 1.165) is 12.2 Å². The summed E-state index contributed by atoms with van der Waals surface area (Å²) in [5, 5.41) is 7.26. The maximum atomic E-state index is 12.8. The Hall–Kier alpha value is -1.35. The van der Waals surface area contributed by atoms with E-state index in [9.17, 15) is 4.39 Å². The van der Waals surface area contributed by atoms with Crippen molar-refractivity contribution >= 4 is 17.0 Å². The first-order valence-electron chi connectivity index (χ1n) is 4.35. The van der Waals surface area contributed by atoms with Gasteiger partial charge >= 0.3 is 0 Å². The molecule has 0 saturated carbocycles. The normalized spacial score (nSPS) is 10.1. The third-order valence-electron chi connectivity index (χ3n) is 1.90. The SMILES string of the molecule is Fc1cccc(NCc2ccsc2)c1. The van der Waals surface area contributed by atoms with Crippen molar-refractivity contribution in [2.45, 2.75) is 6.54 Å². The van der Waals surface area contributed by atoms with Gasteiger partial charge in [0.2, 0.25) is 0 Å². The minimum absolute atomic E-state index is 0.208. The smallest absolute Gasteiger partial charge is 0.125 e. The third kappa shape index (κ3) is 2.33. The molecule has 1 aromatic carbocycles. The molecule has 14 heavy (non-hydrogen) atoms. The standard InChI is InChI=1S/C11H10FNS/c12-10-2-1-3-11(6-10)13-7-9-4-5-14-8-9/h1-6,8,13H,7H2. The van der Waals surface area contributed by atoms with E-state index in [4.69, 9.17) is 0 Å². The Kier molecular flexibility index (Phi) is 2.79. The highest BCUT2D eigenvalue weighted by Gasteiger charge is 1.95. The number of hydrogen-bond donors (Lipinski definition) is 1. The number of benzene rings is 1. The van der Waals surface area contributed by atoms with Crippen LogP contribution in [0.25, 0.3) is 0 Å². The van der Waals surface area contributed by atoms with Gasteiger partial charge < -0.3 is 5.32 Å². The molecule has 0 aliphatic rings. The minimum atomic E-state index is -0.208. The van der Waals surface area contributed by atoms with E-state index in [-0.39, 0.29) is 5.82 Å². The monoisotopic (exact) mass is 207 g/mol. The molecule has 0 aliphatic carbocycles. The quantitative estimate of drug-likeness (QED) is 0.812. The van der Waals surface area contributed by atoms with Gasteiger partial charge in [0.15, 0.2) is 0 Å². The molecular formula is C11H10FNS. The molecule has 2 rings (SSSR count). The first kappa shape index (κ1) is 9.21. The molecule has 2 aromatic rings. The third-order valence-corrected chi connectivity index (χ3v) is 2.63. The van der Waals surface area contributed by atoms with E-state index in [1.165, 1.54) is 17.7 Å². The van der Waals surface area contributed by atoms with Crippen LogP contribution in [0.5, 0.6) is 0 Å². The number of halogens is 1. The maximum absolute atomic E-state index is 12.8. The fraction of sp³-hybridized carbons (Fsp3) is 0.0909. The fourth-order valence-electron chi connectivity index (χ4n) is 1.20. The van der Waals surface area contributed by atoms with Crippen LogP contribution < -0.4 is 5.32 Å². The van der Waals surface area contributed by atoms with Crippen LogP contribution in [0.15, 0.2) is 41.1 Å². The second-order valence-electron chi connectivity index (χ2n) is 3.00. The Bertz CT molecular complexity index is 397. The predicted molar refractivity (Wildman–Crippen MR) is 58.0 cm³/mol. The predicted octanol–water partition coefficient (Wildman–Crippen LogP) is 3.50. The molecule has 0 aliphatic heterocycles. The molecule has 3 heteroatoms. The largest absolute Gasteiger partial charge is 0.381 e. The van der Waals surface area contributed by atoms with Crippen LogP contribution in [-0.2, 0) is 6.54 Å². The van der Waals surface area contributed by atoms with Crippen molar-refractivity contribution in [1.82, 2.24) is 0 Å². The van der Waals surface area contributed by atoms with E-state index in [0.29, 0.717) is 0 Å². The van der Waals surface area contributed by atoms with Gasteiger partial charge in [0.25, 0.3) is 0 Å². The molecule has 1 aromatic heterocycles. The summed E-state index contributed by atoms with van der Waals surface area (Å²) < 4.78 is 12.8. The topological polar surface area (TPSA) is 12.0 Å². The molecule has 0 amide bonds. The van der Waals surface area contributed by atoms with E-state index < -0.39 is 0 Å². The minimum Gasteiger partial charge on any atom is -0.381 e. The lowest BCUT2D eigenvalue weighted by Gasteiger charge is -2.04. The van der Waals surface area contributed by atoms with E-state index in [1.807, 2.05) is 11.4 Å². The van der Waals surface area contributed by atoms with Gasteiger partial charge in [-0.25, -0.2) is 4.39 Å². The second-order valence-corrected chi connectivity index (χ2v) is 3.78. The average Bonchev–Trinajstić information content (AvgIpc) is 2.67. The molecule has 1 N–H and O–H groups in total. The van der Waals surface area contributed by atoms with Gasteiger partial charge in [0.05, 0.1) is 0 Å². The highest BCUT2D eigenvalue weighted by atomic mass is 32.1. The van der Waals surface area contributed by atoms with Gasteiger partial charge in [-0.1, -0.05) is 6.07 Å². The van der Waals surface area contributed by atoms with Gasteiger partial charge in [-0.3, -0.25) is 0 Å². The van der Waals surface area contributed by atoms with Gasteiger partial charge in [-0.05, 0) is 40.6 Å². The summed E-state index contributed by atoms with van der Waals surface area (Å²) in [5.74, 6) is -0.208. The Labute approximate surface area is 86.2 Å². The number of anilines is 1. The van der Waals surface area contributed by atoms with Crippen molar-refractivity contribution in [2.75, 3.05) is 5.32 Å². The number of hydrogen-bond acceptors (Lipinski definition) is 2.